The summed E-state index contributed by atoms with van der Waals surface area (Å²) in [5.41, 5.74) is 0.636. The van der Waals surface area contributed by atoms with E-state index in [1.807, 2.05) is 0 Å². The summed E-state index contributed by atoms with van der Waals surface area (Å²) in [6.45, 7) is -2.88. The predicted octanol–water partition coefficient (Wildman–Crippen LogP) is 1.12. The van der Waals surface area contributed by atoms with Gasteiger partial charge in [-0.15, -0.1) is 0 Å². The number of rotatable bonds is 3. The van der Waals surface area contributed by atoms with Crippen LogP contribution in [0.4, 0.5) is 14.5 Å². The van der Waals surface area contributed by atoms with Gasteiger partial charge in [0.05, 0.1) is 18.1 Å². The Hall–Kier alpha value is -1.46. The molecule has 0 atom stereocenters. The van der Waals surface area contributed by atoms with E-state index < -0.39 is 6.61 Å². The van der Waals surface area contributed by atoms with Gasteiger partial charge in [-0.05, 0) is 0 Å². The highest BCUT2D eigenvalue weighted by Gasteiger charge is 2.05. The summed E-state index contributed by atoms with van der Waals surface area (Å²) in [7, 11) is 1.67. The number of hydrogen-bond donors (Lipinski definition) is 1. The van der Waals surface area contributed by atoms with E-state index in [4.69, 9.17) is 0 Å². The molecule has 0 aliphatic carbocycles. The molecule has 0 saturated heterocycles. The van der Waals surface area contributed by atoms with E-state index in [1.54, 1.807) is 7.05 Å². The Morgan fingerprint density at radius 1 is 1.42 bits per heavy atom. The molecule has 0 saturated carbocycles. The molecule has 0 aliphatic heterocycles. The van der Waals surface area contributed by atoms with Crippen molar-refractivity contribution in [1.29, 1.82) is 0 Å². The first-order valence-electron chi connectivity index (χ1n) is 3.17. The highest BCUT2D eigenvalue weighted by atomic mass is 19.3. The van der Waals surface area contributed by atoms with Crippen LogP contribution in [0.25, 0.3) is 0 Å². The largest absolute Gasteiger partial charge is 0.401 e. The molecule has 0 spiro atoms. The fourth-order valence-corrected chi connectivity index (χ4v) is 0.586. The summed E-state index contributed by atoms with van der Waals surface area (Å²) in [6.07, 6.45) is 2.70. The summed E-state index contributed by atoms with van der Waals surface area (Å²) >= 11 is 0. The van der Waals surface area contributed by atoms with E-state index in [1.165, 1.54) is 12.4 Å². The minimum atomic E-state index is -2.88. The quantitative estimate of drug-likeness (QED) is 0.747. The van der Waals surface area contributed by atoms with Crippen LogP contribution in [0.2, 0.25) is 0 Å². The van der Waals surface area contributed by atoms with Crippen LogP contribution in [0.5, 0.6) is 6.01 Å². The van der Waals surface area contributed by atoms with E-state index in [0.717, 1.165) is 0 Å². The van der Waals surface area contributed by atoms with Crippen molar-refractivity contribution in [2.24, 2.45) is 0 Å². The maximum Gasteiger partial charge on any atom is 0.389 e. The molecular formula is C6H7F2N3O. The highest BCUT2D eigenvalue weighted by Crippen LogP contribution is 2.08. The third-order valence-corrected chi connectivity index (χ3v) is 1.11. The van der Waals surface area contributed by atoms with E-state index in [9.17, 15) is 8.78 Å². The Morgan fingerprint density at radius 3 is 2.42 bits per heavy atom. The van der Waals surface area contributed by atoms with E-state index in [-0.39, 0.29) is 6.01 Å². The topological polar surface area (TPSA) is 47.0 Å². The first kappa shape index (κ1) is 8.63. The lowest BCUT2D eigenvalue weighted by molar-refractivity contribution is -0.0560. The number of anilines is 1. The number of ether oxygens (including phenoxy) is 1. The van der Waals surface area contributed by atoms with Gasteiger partial charge in [0.1, 0.15) is 0 Å². The molecule has 66 valence electrons. The van der Waals surface area contributed by atoms with Gasteiger partial charge in [-0.2, -0.15) is 8.78 Å². The van der Waals surface area contributed by atoms with Crippen LogP contribution in [-0.2, 0) is 0 Å². The lowest BCUT2D eigenvalue weighted by Crippen LogP contribution is -2.05. The first-order chi connectivity index (χ1) is 5.72. The van der Waals surface area contributed by atoms with Crippen molar-refractivity contribution in [3.63, 3.8) is 0 Å². The Balaban J connectivity index is 2.65. The van der Waals surface area contributed by atoms with Crippen molar-refractivity contribution in [3.8, 4) is 6.01 Å². The number of halogens is 2. The van der Waals surface area contributed by atoms with E-state index in [0.29, 0.717) is 5.69 Å². The summed E-state index contributed by atoms with van der Waals surface area (Å²) in [4.78, 5) is 7.03. The molecule has 6 heteroatoms. The van der Waals surface area contributed by atoms with Gasteiger partial charge in [-0.3, -0.25) is 0 Å². The normalized spacial score (nSPS) is 10.0. The minimum absolute atomic E-state index is 0.330. The standard InChI is InChI=1S/C6H7F2N3O/c1-9-4-2-10-6(11-3-4)12-5(7)8/h2-3,5,9H,1H3. The predicted molar refractivity (Wildman–Crippen MR) is 38.2 cm³/mol. The molecular weight excluding hydrogens is 168 g/mol. The molecule has 0 amide bonds. The molecule has 1 heterocycles. The molecule has 0 unspecified atom stereocenters. The second-order valence-electron chi connectivity index (χ2n) is 1.88. The van der Waals surface area contributed by atoms with Gasteiger partial charge >= 0.3 is 12.6 Å². The zero-order valence-corrected chi connectivity index (χ0v) is 6.29. The average molecular weight is 175 g/mol. The van der Waals surface area contributed by atoms with Crippen LogP contribution >= 0.6 is 0 Å². The number of hydrogen-bond acceptors (Lipinski definition) is 4. The lowest BCUT2D eigenvalue weighted by Gasteiger charge is -2.02. The monoisotopic (exact) mass is 175 g/mol. The molecule has 0 radical (unpaired) electrons. The van der Waals surface area contributed by atoms with Crippen LogP contribution in [-0.4, -0.2) is 23.6 Å². The third kappa shape index (κ3) is 2.30. The molecule has 0 fully saturated rings. The van der Waals surface area contributed by atoms with Crippen molar-refractivity contribution < 1.29 is 13.5 Å². The Morgan fingerprint density at radius 2 is 2.00 bits per heavy atom. The Labute approximate surface area is 67.6 Å². The first-order valence-corrected chi connectivity index (χ1v) is 3.17. The second-order valence-corrected chi connectivity index (χ2v) is 1.88. The summed E-state index contributed by atoms with van der Waals surface area (Å²) in [5, 5.41) is 2.74. The number of nitrogens with zero attached hydrogens (tertiary/aromatic N) is 2. The number of aromatic nitrogens is 2. The van der Waals surface area contributed by atoms with Crippen LogP contribution in [0, 0.1) is 0 Å². The van der Waals surface area contributed by atoms with Crippen molar-refractivity contribution in [2.75, 3.05) is 12.4 Å². The number of alkyl halides is 2. The average Bonchev–Trinajstić information content (AvgIpc) is 2.05. The molecule has 0 aromatic carbocycles. The van der Waals surface area contributed by atoms with E-state index >= 15 is 0 Å². The third-order valence-electron chi connectivity index (χ3n) is 1.11. The zero-order valence-electron chi connectivity index (χ0n) is 6.29. The van der Waals surface area contributed by atoms with Crippen LogP contribution in [0.3, 0.4) is 0 Å². The maximum atomic E-state index is 11.6. The molecule has 12 heavy (non-hydrogen) atoms. The fraction of sp³-hybridized carbons (Fsp3) is 0.333. The summed E-state index contributed by atoms with van der Waals surface area (Å²) in [5.74, 6) is 0. The summed E-state index contributed by atoms with van der Waals surface area (Å²) in [6, 6.07) is -0.330. The smallest absolute Gasteiger partial charge is 0.389 e. The number of nitrogens with one attached hydrogen (secondary N) is 1. The van der Waals surface area contributed by atoms with E-state index in [2.05, 4.69) is 20.0 Å². The van der Waals surface area contributed by atoms with Gasteiger partial charge in [0.15, 0.2) is 0 Å². The molecule has 4 nitrogen and oxygen atoms in total. The van der Waals surface area contributed by atoms with Crippen LogP contribution in [0.1, 0.15) is 0 Å². The van der Waals surface area contributed by atoms with Gasteiger partial charge in [-0.1, -0.05) is 0 Å². The molecule has 0 bridgehead atoms. The van der Waals surface area contributed by atoms with Gasteiger partial charge in [0, 0.05) is 7.05 Å². The Bertz CT molecular complexity index is 239. The van der Waals surface area contributed by atoms with Gasteiger partial charge in [0.25, 0.3) is 0 Å². The van der Waals surface area contributed by atoms with Crippen LogP contribution in [0.15, 0.2) is 12.4 Å². The lowest BCUT2D eigenvalue weighted by atomic mass is 10.5. The second kappa shape index (κ2) is 3.80. The van der Waals surface area contributed by atoms with Crippen LogP contribution < -0.4 is 10.1 Å². The summed E-state index contributed by atoms with van der Waals surface area (Å²) < 4.78 is 27.1. The highest BCUT2D eigenvalue weighted by molar-refractivity contribution is 5.36. The van der Waals surface area contributed by atoms with Crippen molar-refractivity contribution >= 4 is 5.69 Å². The molecule has 0 aliphatic rings. The van der Waals surface area contributed by atoms with Crippen molar-refractivity contribution in [3.05, 3.63) is 12.4 Å². The SMILES string of the molecule is CNc1cnc(OC(F)F)nc1. The Kier molecular flexibility index (Phi) is 2.73. The van der Waals surface area contributed by atoms with Gasteiger partial charge < -0.3 is 10.1 Å². The van der Waals surface area contributed by atoms with Crippen molar-refractivity contribution in [2.45, 2.75) is 6.61 Å². The zero-order chi connectivity index (χ0) is 8.97. The molecule has 1 aromatic heterocycles. The minimum Gasteiger partial charge on any atom is -0.401 e. The molecule has 1 rings (SSSR count). The van der Waals surface area contributed by atoms with Gasteiger partial charge in [-0.25, -0.2) is 9.97 Å². The molecule has 1 N–H and O–H groups in total. The maximum absolute atomic E-state index is 11.6. The molecule has 1 aromatic rings. The fourth-order valence-electron chi connectivity index (χ4n) is 0.586. The van der Waals surface area contributed by atoms with Crippen molar-refractivity contribution in [1.82, 2.24) is 9.97 Å². The van der Waals surface area contributed by atoms with Gasteiger partial charge in [0.2, 0.25) is 0 Å².